The van der Waals surface area contributed by atoms with Gasteiger partial charge in [0.2, 0.25) is 5.43 Å². The number of esters is 1. The minimum absolute atomic E-state index is 0. The van der Waals surface area contributed by atoms with Crippen LogP contribution in [0.5, 0.6) is 11.5 Å². The molecule has 1 aliphatic carbocycles. The van der Waals surface area contributed by atoms with Crippen LogP contribution in [0, 0.1) is 11.6 Å². The summed E-state index contributed by atoms with van der Waals surface area (Å²) in [5, 5.41) is 21.0. The van der Waals surface area contributed by atoms with Crippen LogP contribution in [-0.4, -0.2) is 89.5 Å². The van der Waals surface area contributed by atoms with E-state index in [9.17, 15) is 29.4 Å². The second-order valence-corrected chi connectivity index (χ2v) is 12.7. The molecule has 262 valence electrons. The number of halogens is 3. The number of carbonyl (C=O) groups excluding carboxylic acids is 2. The normalized spacial score (nSPS) is 23.2. The topological polar surface area (TPSA) is 183 Å². The number of aromatic nitrogens is 1. The summed E-state index contributed by atoms with van der Waals surface area (Å²) in [6, 6.07) is 3.48. The number of cyclic esters (lactones) is 1. The number of nitrogens with zero attached hydrogens (tertiary/aromatic N) is 3. The quantitative estimate of drug-likeness (QED) is 0.277. The van der Waals surface area contributed by atoms with E-state index >= 15 is 8.78 Å². The highest BCUT2D eigenvalue weighted by Gasteiger charge is 2.48. The average molecular weight is 707 g/mol. The Hall–Kier alpha value is -4.67. The molecular formula is C32H33ClF2N4O10. The lowest BCUT2D eigenvalue weighted by atomic mass is 10.0. The van der Waals surface area contributed by atoms with Crippen molar-refractivity contribution < 1.29 is 52.3 Å². The molecule has 0 spiro atoms. The molecule has 14 nitrogen and oxygen atoms in total. The van der Waals surface area contributed by atoms with Crippen molar-refractivity contribution >= 4 is 52.7 Å². The Balaban J connectivity index is 0.00000417. The molecule has 7 rings (SSSR count). The number of hydrogen-bond acceptors (Lipinski definition) is 11. The third-order valence-corrected chi connectivity index (χ3v) is 8.98. The highest BCUT2D eigenvalue weighted by molar-refractivity contribution is 5.97. The number of aromatic carboxylic acids is 1. The molecule has 3 aromatic rings. The molecule has 1 amide bonds. The molecule has 3 fully saturated rings. The summed E-state index contributed by atoms with van der Waals surface area (Å²) < 4.78 is 54.5. The standard InChI is InChI=1S/C32H32F2N4O10.ClH/c1-15(35)30(42)46-12-19-9-37(31(43)48-19)17-4-5-24(22(33)6-17)47-14-32(44)8-18-11-45-28-25-20(7-23(34)26(28)38(18)13-32)27(39)21(29(40)41)10-36(25)16-2-3-16;/h4-7,10,15-16,18-19,44H,2-3,8-9,11-14,35H2,1H3,(H,40,41);1H/t15?,18-,19?,32-;/m0./s1. The lowest BCUT2D eigenvalue weighted by molar-refractivity contribution is -0.147. The maximum atomic E-state index is 15.7. The fourth-order valence-corrected chi connectivity index (χ4v) is 6.51. The summed E-state index contributed by atoms with van der Waals surface area (Å²) >= 11 is 0. The summed E-state index contributed by atoms with van der Waals surface area (Å²) in [5.74, 6) is -3.76. The van der Waals surface area contributed by atoms with Crippen LogP contribution in [0.25, 0.3) is 10.9 Å². The zero-order chi connectivity index (χ0) is 34.1. The molecule has 4 heterocycles. The van der Waals surface area contributed by atoms with Crippen LogP contribution < -0.4 is 30.4 Å². The van der Waals surface area contributed by atoms with Gasteiger partial charge in [-0.15, -0.1) is 12.4 Å². The molecule has 1 aromatic heterocycles. The Morgan fingerprint density at radius 2 is 1.92 bits per heavy atom. The molecule has 1 saturated carbocycles. The van der Waals surface area contributed by atoms with Crippen LogP contribution in [0.15, 0.2) is 35.3 Å². The van der Waals surface area contributed by atoms with Crippen molar-refractivity contribution in [3.63, 3.8) is 0 Å². The van der Waals surface area contributed by atoms with Crippen LogP contribution in [0.1, 0.15) is 42.6 Å². The fourth-order valence-electron chi connectivity index (χ4n) is 6.51. The predicted octanol–water partition coefficient (Wildman–Crippen LogP) is 2.73. The van der Waals surface area contributed by atoms with E-state index in [0.29, 0.717) is 5.52 Å². The van der Waals surface area contributed by atoms with Crippen molar-refractivity contribution in [2.24, 2.45) is 5.73 Å². The number of hydrogen-bond donors (Lipinski definition) is 3. The number of ether oxygens (including phenoxy) is 4. The van der Waals surface area contributed by atoms with Crippen molar-refractivity contribution in [2.75, 3.05) is 42.7 Å². The van der Waals surface area contributed by atoms with Gasteiger partial charge in [-0.1, -0.05) is 0 Å². The predicted molar refractivity (Wildman–Crippen MR) is 171 cm³/mol. The molecule has 2 aromatic carbocycles. The van der Waals surface area contributed by atoms with Crippen molar-refractivity contribution in [3.8, 4) is 11.5 Å². The summed E-state index contributed by atoms with van der Waals surface area (Å²) in [6.45, 7) is 0.869. The largest absolute Gasteiger partial charge is 0.487 e. The van der Waals surface area contributed by atoms with Gasteiger partial charge in [0.1, 0.15) is 42.7 Å². The van der Waals surface area contributed by atoms with Gasteiger partial charge >= 0.3 is 18.0 Å². The Kier molecular flexibility index (Phi) is 8.83. The van der Waals surface area contributed by atoms with Crippen molar-refractivity contribution in [3.05, 3.63) is 57.9 Å². The Morgan fingerprint density at radius 3 is 2.59 bits per heavy atom. The molecule has 4 N–H and O–H groups in total. The first kappa shape index (κ1) is 34.2. The zero-order valence-electron chi connectivity index (χ0n) is 26.1. The number of carbonyl (C=O) groups is 3. The van der Waals surface area contributed by atoms with Crippen molar-refractivity contribution in [1.29, 1.82) is 0 Å². The number of aliphatic hydroxyl groups is 1. The van der Waals surface area contributed by atoms with Crippen LogP contribution in [-0.2, 0) is 14.3 Å². The van der Waals surface area contributed by atoms with Gasteiger partial charge in [0.15, 0.2) is 29.2 Å². The van der Waals surface area contributed by atoms with Crippen LogP contribution in [0.4, 0.5) is 25.0 Å². The second kappa shape index (κ2) is 12.7. The minimum atomic E-state index is -1.55. The van der Waals surface area contributed by atoms with Gasteiger partial charge in [-0.3, -0.25) is 14.5 Å². The first-order valence-electron chi connectivity index (χ1n) is 15.4. The summed E-state index contributed by atoms with van der Waals surface area (Å²) in [5.41, 5.74) is 3.17. The highest BCUT2D eigenvalue weighted by Crippen LogP contribution is 2.48. The van der Waals surface area contributed by atoms with Gasteiger partial charge in [0, 0.05) is 24.7 Å². The zero-order valence-corrected chi connectivity index (χ0v) is 26.9. The van der Waals surface area contributed by atoms with E-state index in [0.717, 1.165) is 25.0 Å². The van der Waals surface area contributed by atoms with Crippen LogP contribution >= 0.6 is 12.4 Å². The molecule has 4 aliphatic rings. The molecule has 3 aliphatic heterocycles. The molecule has 0 radical (unpaired) electrons. The average Bonchev–Trinajstić information content (AvgIpc) is 3.73. The first-order chi connectivity index (χ1) is 22.8. The van der Waals surface area contributed by atoms with Gasteiger partial charge < -0.3 is 44.4 Å². The number of amides is 1. The smallest absolute Gasteiger partial charge is 0.414 e. The third kappa shape index (κ3) is 6.19. The Bertz CT molecular complexity index is 1920. The second-order valence-electron chi connectivity index (χ2n) is 12.7. The van der Waals surface area contributed by atoms with E-state index in [2.05, 4.69) is 0 Å². The number of carboxylic acid groups (broad SMARTS) is 1. The number of pyridine rings is 1. The van der Waals surface area contributed by atoms with E-state index in [1.807, 2.05) is 0 Å². The van der Waals surface area contributed by atoms with E-state index in [4.69, 9.17) is 24.7 Å². The van der Waals surface area contributed by atoms with Gasteiger partial charge in [-0.25, -0.2) is 18.4 Å². The minimum Gasteiger partial charge on any atom is -0.487 e. The van der Waals surface area contributed by atoms with E-state index in [-0.39, 0.29) is 86.0 Å². The molecular weight excluding hydrogens is 674 g/mol. The summed E-state index contributed by atoms with van der Waals surface area (Å²) in [7, 11) is 0. The Morgan fingerprint density at radius 1 is 1.16 bits per heavy atom. The lowest BCUT2D eigenvalue weighted by Crippen LogP contribution is -2.41. The maximum Gasteiger partial charge on any atom is 0.414 e. The van der Waals surface area contributed by atoms with Crippen molar-refractivity contribution in [2.45, 2.75) is 56.0 Å². The molecule has 2 unspecified atom stereocenters. The molecule has 0 bridgehead atoms. The third-order valence-electron chi connectivity index (χ3n) is 8.98. The molecule has 49 heavy (non-hydrogen) atoms. The number of carboxylic acids is 1. The summed E-state index contributed by atoms with van der Waals surface area (Å²) in [4.78, 5) is 51.6. The first-order valence-corrected chi connectivity index (χ1v) is 15.4. The monoisotopic (exact) mass is 706 g/mol. The van der Waals surface area contributed by atoms with E-state index in [1.54, 1.807) is 9.47 Å². The van der Waals surface area contributed by atoms with E-state index in [1.165, 1.54) is 30.2 Å². The van der Waals surface area contributed by atoms with E-state index < -0.39 is 64.4 Å². The number of fused-ring (bicyclic) bond motifs is 5. The maximum absolute atomic E-state index is 15.7. The number of rotatable bonds is 9. The number of nitrogens with two attached hydrogens (primary N) is 1. The molecule has 4 atom stereocenters. The molecule has 2 saturated heterocycles. The Labute approximate surface area is 283 Å². The highest BCUT2D eigenvalue weighted by atomic mass is 35.5. The number of benzene rings is 2. The van der Waals surface area contributed by atoms with Gasteiger partial charge in [0.05, 0.1) is 35.7 Å². The van der Waals surface area contributed by atoms with Crippen LogP contribution in [0.3, 0.4) is 0 Å². The van der Waals surface area contributed by atoms with Gasteiger partial charge in [0.25, 0.3) is 0 Å². The van der Waals surface area contributed by atoms with Crippen LogP contribution in [0.2, 0.25) is 0 Å². The van der Waals surface area contributed by atoms with Gasteiger partial charge in [-0.05, 0) is 38.0 Å². The fraction of sp³-hybridized carbons (Fsp3) is 0.438. The SMILES string of the molecule is CC(N)C(=O)OCC1CN(c2ccc(OC[C@]3(O)C[C@H]4COc5c(c(F)cc6c(=O)c(C(=O)O)cn(C7CC7)c56)N4C3)c(F)c2)C(=O)O1.Cl. The van der Waals surface area contributed by atoms with Crippen molar-refractivity contribution in [1.82, 2.24) is 4.57 Å². The summed E-state index contributed by atoms with van der Waals surface area (Å²) in [6.07, 6.45) is 1.38. The molecule has 17 heteroatoms. The van der Waals surface area contributed by atoms with Gasteiger partial charge in [-0.2, -0.15) is 0 Å². The lowest BCUT2D eigenvalue weighted by Gasteiger charge is -2.34. The number of anilines is 2.